The minimum absolute atomic E-state index is 0.299. The maximum Gasteiger partial charge on any atom is -0.00703 e. The van der Waals surface area contributed by atoms with E-state index in [0.29, 0.717) is 22.0 Å². The lowest BCUT2D eigenvalue weighted by atomic mass is 26.0. The number of hydrogen-bond donors (Lipinski definition) is 0. The van der Waals surface area contributed by atoms with E-state index in [1.54, 1.807) is 48.8 Å². The quantitative estimate of drug-likeness (QED) is 0.448. The first kappa shape index (κ1) is 11.0. The zero-order valence-corrected chi connectivity index (χ0v) is 22.3. The zero-order valence-electron chi connectivity index (χ0n) is 7.44. The average molecular weight is 273 g/mol. The van der Waals surface area contributed by atoms with Crippen molar-refractivity contribution in [1.29, 1.82) is 0 Å². The molecule has 0 spiro atoms. The van der Waals surface area contributed by atoms with Gasteiger partial charge >= 0.3 is 0 Å². The summed E-state index contributed by atoms with van der Waals surface area (Å²) in [5.74, 6) is 0. The Balaban J connectivity index is 3.38. The van der Waals surface area contributed by atoms with Gasteiger partial charge < -0.3 is 0 Å². The summed E-state index contributed by atoms with van der Waals surface area (Å²) in [7, 11) is 10.5. The topological polar surface area (TPSA) is 0 Å². The predicted molar refractivity (Wildman–Crippen MR) is 79.7 cm³/mol. The van der Waals surface area contributed by atoms with Gasteiger partial charge in [-0.25, -0.2) is 0 Å². The summed E-state index contributed by atoms with van der Waals surface area (Å²) in [6.07, 6.45) is 0. The highest BCUT2D eigenvalue weighted by molar-refractivity contribution is 7.88. The van der Waals surface area contributed by atoms with Crippen molar-refractivity contribution in [3.8, 4) is 0 Å². The highest BCUT2D eigenvalue weighted by atomic mass is 30.2. The Kier molecular flexibility index (Phi) is 6.79. The molecule has 0 fully saturated rings. The van der Waals surface area contributed by atoms with E-state index in [-0.39, 0.29) is 0 Å². The Morgan fingerprint density at radius 2 is 1.33 bits per heavy atom. The number of rotatable bonds is 3. The van der Waals surface area contributed by atoms with E-state index in [2.05, 4.69) is 0 Å². The van der Waals surface area contributed by atoms with Crippen molar-refractivity contribution in [3.05, 3.63) is 0 Å². The van der Waals surface area contributed by atoms with Crippen LogP contribution < -0.4 is 0 Å². The lowest BCUT2D eigenvalue weighted by Crippen LogP contribution is -2.50. The Hall–Kier alpha value is 1.95. The molecule has 0 aliphatic heterocycles. The summed E-state index contributed by atoms with van der Waals surface area (Å²) in [6.45, 7) is 0. The first-order valence-corrected chi connectivity index (χ1v) is 36.3. The van der Waals surface area contributed by atoms with Gasteiger partial charge in [0.25, 0.3) is 0 Å². The second kappa shape index (κ2) is 5.58. The lowest BCUT2D eigenvalue weighted by molar-refractivity contribution is 3.64. The van der Waals surface area contributed by atoms with E-state index >= 15 is 0 Å². The molecule has 56 valence electrons. The molecule has 0 rings (SSSR count). The molecule has 0 bridgehead atoms. The molecule has 0 aromatic heterocycles. The Labute approximate surface area is 79.0 Å². The third-order valence-electron chi connectivity index (χ3n) is 1.98. The van der Waals surface area contributed by atoms with Crippen LogP contribution in [0.3, 0.4) is 0 Å². The minimum atomic E-state index is 0.299. The molecule has 0 nitrogen and oxygen atoms in total. The fourth-order valence-electron chi connectivity index (χ4n) is 1.02. The van der Waals surface area contributed by atoms with Crippen LogP contribution in [0.5, 0.6) is 0 Å². The zero-order chi connectivity index (χ0) is 7.44. The van der Waals surface area contributed by atoms with E-state index in [0.717, 1.165) is 8.55 Å². The van der Waals surface area contributed by atoms with Gasteiger partial charge in [-0.3, -0.25) is 0 Å². The summed E-state index contributed by atoms with van der Waals surface area (Å²) in [5, 5.41) is 0. The molecule has 1 atom stereocenters. The first-order valence-electron chi connectivity index (χ1n) is 4.04. The molecular formula is H20Si9. The predicted octanol–water partition coefficient (Wildman–Crippen LogP) is -8.78. The van der Waals surface area contributed by atoms with Crippen LogP contribution in [0.15, 0.2) is 0 Å². The van der Waals surface area contributed by atoms with Crippen molar-refractivity contribution in [1.82, 2.24) is 0 Å². The number of hydrogen-bond acceptors (Lipinski definition) is 0. The van der Waals surface area contributed by atoms with E-state index in [1.165, 1.54) is 0 Å². The van der Waals surface area contributed by atoms with Crippen molar-refractivity contribution in [2.45, 2.75) is 0 Å². The summed E-state index contributed by atoms with van der Waals surface area (Å²) in [6, 6.07) is 0. The minimum Gasteiger partial charge on any atom is -0.0115 e. The maximum absolute atomic E-state index is 1.78. The van der Waals surface area contributed by atoms with Crippen LogP contribution in [-0.4, -0.2) is 79.4 Å². The van der Waals surface area contributed by atoms with Crippen LogP contribution in [0.25, 0.3) is 0 Å². The van der Waals surface area contributed by atoms with Gasteiger partial charge in [0.1, 0.15) is 0 Å². The smallest absolute Gasteiger partial charge is 0.00703 e. The van der Waals surface area contributed by atoms with Crippen LogP contribution in [-0.2, 0) is 0 Å². The Morgan fingerprint density at radius 3 is 1.44 bits per heavy atom. The Bertz CT molecular complexity index is 62.4. The van der Waals surface area contributed by atoms with Gasteiger partial charge in [0.2, 0.25) is 0 Å². The molecular weight excluding hydrogens is 253 g/mol. The van der Waals surface area contributed by atoms with Gasteiger partial charge in [-0.2, -0.15) is 0 Å². The molecule has 9 heteroatoms. The van der Waals surface area contributed by atoms with Crippen LogP contribution in [0, 0.1) is 0 Å². The maximum atomic E-state index is 1.78. The van der Waals surface area contributed by atoms with Crippen LogP contribution in [0.1, 0.15) is 0 Å². The largest absolute Gasteiger partial charge is 0.0115 e. The first-order chi connectivity index (χ1) is 4.04. The monoisotopic (exact) mass is 272 g/mol. The van der Waals surface area contributed by atoms with Crippen molar-refractivity contribution < 1.29 is 0 Å². The molecule has 0 aliphatic rings. The fourth-order valence-corrected chi connectivity index (χ4v) is 247. The highest BCUT2D eigenvalue weighted by Crippen LogP contribution is 1.74. The average Bonchev–Trinajstić information content (AvgIpc) is 1.63. The van der Waals surface area contributed by atoms with Crippen molar-refractivity contribution >= 4 is 79.4 Å². The normalized spacial score (nSPS) is 24.0. The molecule has 0 heterocycles. The Morgan fingerprint density at radius 1 is 0.889 bits per heavy atom. The molecule has 0 saturated carbocycles. The molecule has 1 unspecified atom stereocenters. The molecule has 0 radical (unpaired) electrons. The highest BCUT2D eigenvalue weighted by Gasteiger charge is 2.11. The summed E-state index contributed by atoms with van der Waals surface area (Å²) in [4.78, 5) is 0. The molecule has 0 aromatic carbocycles. The van der Waals surface area contributed by atoms with Crippen molar-refractivity contribution in [2.75, 3.05) is 0 Å². The van der Waals surface area contributed by atoms with Crippen molar-refractivity contribution in [3.63, 3.8) is 0 Å². The van der Waals surface area contributed by atoms with Gasteiger partial charge in [0, 0.05) is 0 Å². The second-order valence-electron chi connectivity index (χ2n) is 3.85. The summed E-state index contributed by atoms with van der Waals surface area (Å²) in [5.41, 5.74) is 0. The van der Waals surface area contributed by atoms with E-state index < -0.39 is 0 Å². The van der Waals surface area contributed by atoms with Crippen LogP contribution >= 0.6 is 0 Å². The third-order valence-corrected chi connectivity index (χ3v) is 160. The lowest BCUT2D eigenvalue weighted by Gasteiger charge is -2.12. The third kappa shape index (κ3) is 6.35. The van der Waals surface area contributed by atoms with Crippen LogP contribution in [0.4, 0.5) is 0 Å². The molecule has 0 amide bonds. The van der Waals surface area contributed by atoms with Gasteiger partial charge in [-0.15, -0.1) is 0 Å². The van der Waals surface area contributed by atoms with Gasteiger partial charge in [-0.05, 0) is 79.4 Å². The molecule has 9 heavy (non-hydrogen) atoms. The van der Waals surface area contributed by atoms with E-state index in [1.807, 2.05) is 0 Å². The van der Waals surface area contributed by atoms with Crippen LogP contribution in [0.2, 0.25) is 0 Å². The van der Waals surface area contributed by atoms with Gasteiger partial charge in [-0.1, -0.05) is 0 Å². The second-order valence-corrected chi connectivity index (χ2v) is 104. The van der Waals surface area contributed by atoms with Gasteiger partial charge in [0.15, 0.2) is 0 Å². The molecule has 0 aliphatic carbocycles. The molecule has 0 saturated heterocycles. The molecule has 0 aromatic rings. The summed E-state index contributed by atoms with van der Waals surface area (Å²) >= 11 is 0. The van der Waals surface area contributed by atoms with E-state index in [9.17, 15) is 0 Å². The molecule has 0 N–H and O–H groups in total. The van der Waals surface area contributed by atoms with E-state index in [4.69, 9.17) is 0 Å². The SMILES string of the molecule is [SiH3][SiH]([SiH3])[SiH2][SiH]([SiH3])[SiH]([SiH3])[SiH3]. The fraction of sp³-hybridized carbons (Fsp3) is 0. The van der Waals surface area contributed by atoms with Crippen molar-refractivity contribution in [2.24, 2.45) is 0 Å². The summed E-state index contributed by atoms with van der Waals surface area (Å²) < 4.78 is 0. The van der Waals surface area contributed by atoms with Gasteiger partial charge in [0.05, 0.1) is 0 Å². The standard InChI is InChI=1S/H20Si9/c1-7(2)6-9(5)8(3)4/h7-9H,6H2,1-5H3.